The van der Waals surface area contributed by atoms with Crippen molar-refractivity contribution in [2.45, 2.75) is 13.8 Å². The van der Waals surface area contributed by atoms with Gasteiger partial charge in [-0.1, -0.05) is 36.4 Å². The topological polar surface area (TPSA) is 107 Å². The summed E-state index contributed by atoms with van der Waals surface area (Å²) in [5, 5.41) is 39.5. The van der Waals surface area contributed by atoms with E-state index in [2.05, 4.69) is 10.2 Å². The number of phenols is 1. The van der Waals surface area contributed by atoms with Gasteiger partial charge in [0.2, 0.25) is 5.88 Å². The quantitative estimate of drug-likeness (QED) is 0.209. The van der Waals surface area contributed by atoms with Crippen LogP contribution in [0.4, 0.5) is 20.2 Å². The first-order valence-corrected chi connectivity index (χ1v) is 11.5. The van der Waals surface area contributed by atoms with Crippen LogP contribution in [0, 0.1) is 25.5 Å². The number of benzene rings is 4. The summed E-state index contributed by atoms with van der Waals surface area (Å²) in [5.74, 6) is -3.71. The summed E-state index contributed by atoms with van der Waals surface area (Å²) in [5.41, 5.74) is 2.17. The van der Waals surface area contributed by atoms with Crippen molar-refractivity contribution in [1.82, 2.24) is 4.57 Å². The molecule has 4 aromatic carbocycles. The van der Waals surface area contributed by atoms with Crippen LogP contribution in [0.15, 0.2) is 83.0 Å². The van der Waals surface area contributed by atoms with Crippen LogP contribution in [0.1, 0.15) is 21.5 Å². The zero-order valence-corrected chi connectivity index (χ0v) is 20.3. The first kappa shape index (κ1) is 24.6. The standard InChI is InChI=1S/C29H21F2N3O4/c1-15-10-11-18(12-16(15)2)34-27-22(13-17(30)14-23(27)31)26(28(34)36)33-32-25-20(7-5-8-21(25)29(37)38)19-6-3-4-9-24(19)35/h3-14,35-36H,1-2H3,(H,37,38). The van der Waals surface area contributed by atoms with E-state index in [4.69, 9.17) is 0 Å². The molecule has 0 bridgehead atoms. The average molecular weight is 514 g/mol. The third-order valence-electron chi connectivity index (χ3n) is 6.39. The van der Waals surface area contributed by atoms with E-state index in [0.717, 1.165) is 17.2 Å². The van der Waals surface area contributed by atoms with E-state index in [-0.39, 0.29) is 39.2 Å². The van der Waals surface area contributed by atoms with Gasteiger partial charge in [0.15, 0.2) is 11.5 Å². The Labute approximate surface area is 215 Å². The molecule has 0 saturated heterocycles. The number of hydrogen-bond acceptors (Lipinski definition) is 5. The zero-order valence-electron chi connectivity index (χ0n) is 20.3. The normalized spacial score (nSPS) is 11.5. The maximum Gasteiger partial charge on any atom is 0.337 e. The molecule has 5 rings (SSSR count). The van der Waals surface area contributed by atoms with Crippen LogP contribution in [0.2, 0.25) is 0 Å². The van der Waals surface area contributed by atoms with E-state index in [0.29, 0.717) is 17.3 Å². The van der Waals surface area contributed by atoms with Crippen molar-refractivity contribution in [3.63, 3.8) is 0 Å². The maximum absolute atomic E-state index is 15.1. The highest BCUT2D eigenvalue weighted by Gasteiger charge is 2.23. The highest BCUT2D eigenvalue weighted by Crippen LogP contribution is 2.45. The number of aromatic hydroxyl groups is 2. The summed E-state index contributed by atoms with van der Waals surface area (Å²) < 4.78 is 30.6. The van der Waals surface area contributed by atoms with Gasteiger partial charge in [0.05, 0.1) is 11.1 Å². The number of carboxylic acid groups (broad SMARTS) is 1. The minimum Gasteiger partial charge on any atom is -0.507 e. The number of aromatic nitrogens is 1. The van der Waals surface area contributed by atoms with Gasteiger partial charge in [0.25, 0.3) is 0 Å². The molecule has 0 aliphatic heterocycles. The number of fused-ring (bicyclic) bond motifs is 1. The third kappa shape index (κ3) is 4.13. The Bertz CT molecular complexity index is 1780. The first-order chi connectivity index (χ1) is 18.2. The summed E-state index contributed by atoms with van der Waals surface area (Å²) in [6.07, 6.45) is 0. The number of para-hydroxylation sites is 1. The Balaban J connectivity index is 1.78. The van der Waals surface area contributed by atoms with Crippen LogP contribution in [0.3, 0.4) is 0 Å². The second-order valence-electron chi connectivity index (χ2n) is 8.78. The van der Waals surface area contributed by atoms with Crippen molar-refractivity contribution < 1.29 is 28.9 Å². The lowest BCUT2D eigenvalue weighted by atomic mass is 9.99. The summed E-state index contributed by atoms with van der Waals surface area (Å²) >= 11 is 0. The second kappa shape index (κ2) is 9.44. The summed E-state index contributed by atoms with van der Waals surface area (Å²) in [7, 11) is 0. The summed E-state index contributed by atoms with van der Waals surface area (Å²) in [6, 6.07) is 17.6. The minimum absolute atomic E-state index is 0.0566. The largest absolute Gasteiger partial charge is 0.507 e. The lowest BCUT2D eigenvalue weighted by Crippen LogP contribution is -1.97. The Morgan fingerprint density at radius 3 is 2.24 bits per heavy atom. The molecule has 1 aromatic heterocycles. The molecule has 3 N–H and O–H groups in total. The number of azo groups is 1. The second-order valence-corrected chi connectivity index (χ2v) is 8.78. The fraction of sp³-hybridized carbons (Fsp3) is 0.0690. The fourth-order valence-electron chi connectivity index (χ4n) is 4.36. The van der Waals surface area contributed by atoms with Crippen molar-refractivity contribution in [3.8, 4) is 28.4 Å². The van der Waals surface area contributed by atoms with Crippen molar-refractivity contribution in [2.75, 3.05) is 0 Å². The molecule has 0 aliphatic carbocycles. The average Bonchev–Trinajstić information content (AvgIpc) is 3.15. The lowest BCUT2D eigenvalue weighted by molar-refractivity contribution is 0.0697. The predicted octanol–water partition coefficient (Wildman–Crippen LogP) is 7.72. The predicted molar refractivity (Wildman–Crippen MR) is 139 cm³/mol. The number of aryl methyl sites for hydroxylation is 2. The van der Waals surface area contributed by atoms with Gasteiger partial charge in [-0.15, -0.1) is 10.2 Å². The van der Waals surface area contributed by atoms with Crippen molar-refractivity contribution in [2.24, 2.45) is 10.2 Å². The van der Waals surface area contributed by atoms with Crippen LogP contribution in [0.5, 0.6) is 11.6 Å². The van der Waals surface area contributed by atoms with Crippen molar-refractivity contribution in [3.05, 3.63) is 101 Å². The van der Waals surface area contributed by atoms with E-state index in [1.165, 1.54) is 22.8 Å². The third-order valence-corrected chi connectivity index (χ3v) is 6.39. The van der Waals surface area contributed by atoms with Gasteiger partial charge in [0, 0.05) is 28.3 Å². The van der Waals surface area contributed by atoms with Gasteiger partial charge in [-0.3, -0.25) is 4.57 Å². The molecule has 1 heterocycles. The molecule has 190 valence electrons. The Kier molecular flexibility index (Phi) is 6.12. The van der Waals surface area contributed by atoms with Gasteiger partial charge in [0.1, 0.15) is 17.3 Å². The van der Waals surface area contributed by atoms with Gasteiger partial charge in [-0.2, -0.15) is 0 Å². The van der Waals surface area contributed by atoms with Crippen LogP contribution in [-0.2, 0) is 0 Å². The molecule has 0 amide bonds. The number of phenolic OH excluding ortho intramolecular Hbond substituents is 1. The van der Waals surface area contributed by atoms with Crippen LogP contribution in [-0.4, -0.2) is 25.9 Å². The molecule has 0 saturated carbocycles. The fourth-order valence-corrected chi connectivity index (χ4v) is 4.36. The first-order valence-electron chi connectivity index (χ1n) is 11.5. The van der Waals surface area contributed by atoms with Crippen LogP contribution in [0.25, 0.3) is 27.7 Å². The molecule has 5 aromatic rings. The highest BCUT2D eigenvalue weighted by molar-refractivity contribution is 5.99. The SMILES string of the molecule is Cc1ccc(-n2c(O)c(N=Nc3c(C(=O)O)cccc3-c3ccccc3O)c3cc(F)cc(F)c32)cc1C. The molecule has 38 heavy (non-hydrogen) atoms. The van der Waals surface area contributed by atoms with Gasteiger partial charge in [-0.25, -0.2) is 13.6 Å². The molecule has 0 fully saturated rings. The molecule has 0 aliphatic rings. The van der Waals surface area contributed by atoms with Crippen molar-refractivity contribution in [1.29, 1.82) is 0 Å². The lowest BCUT2D eigenvalue weighted by Gasteiger charge is -2.10. The molecular formula is C29H21F2N3O4. The Morgan fingerprint density at radius 2 is 1.53 bits per heavy atom. The monoisotopic (exact) mass is 513 g/mol. The number of rotatable bonds is 5. The van der Waals surface area contributed by atoms with Crippen LogP contribution < -0.4 is 0 Å². The number of carboxylic acids is 1. The van der Waals surface area contributed by atoms with E-state index in [1.54, 1.807) is 42.5 Å². The Hall–Kier alpha value is -5.05. The number of hydrogen-bond donors (Lipinski definition) is 3. The molecule has 0 radical (unpaired) electrons. The van der Waals surface area contributed by atoms with Crippen molar-refractivity contribution >= 4 is 28.2 Å². The number of aromatic carboxylic acids is 1. The molecule has 9 heteroatoms. The summed E-state index contributed by atoms with van der Waals surface area (Å²) in [4.78, 5) is 12.0. The molecule has 0 spiro atoms. The molecule has 0 unspecified atom stereocenters. The number of halogens is 2. The van der Waals surface area contributed by atoms with Crippen LogP contribution >= 0.6 is 0 Å². The van der Waals surface area contributed by atoms with E-state index in [9.17, 15) is 24.5 Å². The van der Waals surface area contributed by atoms with Gasteiger partial charge < -0.3 is 15.3 Å². The zero-order chi connectivity index (χ0) is 27.1. The van der Waals surface area contributed by atoms with Gasteiger partial charge >= 0.3 is 5.97 Å². The minimum atomic E-state index is -1.30. The smallest absolute Gasteiger partial charge is 0.337 e. The maximum atomic E-state index is 15.1. The van der Waals surface area contributed by atoms with E-state index < -0.39 is 23.5 Å². The summed E-state index contributed by atoms with van der Waals surface area (Å²) in [6.45, 7) is 3.77. The number of carbonyl (C=O) groups is 1. The Morgan fingerprint density at radius 1 is 0.816 bits per heavy atom. The highest BCUT2D eigenvalue weighted by atomic mass is 19.1. The van der Waals surface area contributed by atoms with E-state index in [1.807, 2.05) is 13.8 Å². The molecular weight excluding hydrogens is 492 g/mol. The molecule has 0 atom stereocenters. The van der Waals surface area contributed by atoms with E-state index >= 15 is 4.39 Å². The van der Waals surface area contributed by atoms with Gasteiger partial charge in [-0.05, 0) is 55.3 Å². The molecule has 7 nitrogen and oxygen atoms in total. The number of nitrogens with zero attached hydrogens (tertiary/aromatic N) is 3.